The van der Waals surface area contributed by atoms with Gasteiger partial charge in [0.25, 0.3) is 0 Å². The third kappa shape index (κ3) is 6.23. The summed E-state index contributed by atoms with van der Waals surface area (Å²) in [6.07, 6.45) is 2.36. The van der Waals surface area contributed by atoms with Crippen molar-refractivity contribution in [1.82, 2.24) is 10.2 Å². The third-order valence-electron chi connectivity index (χ3n) is 3.51. The minimum absolute atomic E-state index is 0. The average Bonchev–Trinajstić information content (AvgIpc) is 2.28. The molecule has 1 heterocycles. The molecule has 0 aliphatic carbocycles. The molecule has 0 aromatic rings. The van der Waals surface area contributed by atoms with Gasteiger partial charge in [-0.1, -0.05) is 0 Å². The monoisotopic (exact) mass is 299 g/mol. The SMILES string of the molecule is CN1CCC(CNC(=O)C(C)(C)CN)CC1.Cl.Cl. The molecule has 0 bridgehead atoms. The number of nitrogens with one attached hydrogen (secondary N) is 1. The van der Waals surface area contributed by atoms with Crippen molar-refractivity contribution < 1.29 is 4.79 Å². The van der Waals surface area contributed by atoms with E-state index in [0.717, 1.165) is 19.6 Å². The maximum absolute atomic E-state index is 11.8. The summed E-state index contributed by atoms with van der Waals surface area (Å²) in [5.41, 5.74) is 5.13. The fraction of sp³-hybridized carbons (Fsp3) is 0.917. The first-order chi connectivity index (χ1) is 7.45. The minimum Gasteiger partial charge on any atom is -0.355 e. The molecular weight excluding hydrogens is 273 g/mol. The fourth-order valence-electron chi connectivity index (χ4n) is 1.84. The van der Waals surface area contributed by atoms with Gasteiger partial charge in [0.15, 0.2) is 0 Å². The zero-order valence-corrected chi connectivity index (χ0v) is 13.2. The van der Waals surface area contributed by atoms with Crippen molar-refractivity contribution in [3.63, 3.8) is 0 Å². The van der Waals surface area contributed by atoms with Crippen molar-refractivity contribution >= 4 is 30.7 Å². The highest BCUT2D eigenvalue weighted by atomic mass is 35.5. The van der Waals surface area contributed by atoms with Gasteiger partial charge >= 0.3 is 0 Å². The number of rotatable bonds is 4. The van der Waals surface area contributed by atoms with E-state index in [2.05, 4.69) is 17.3 Å². The Kier molecular flexibility index (Phi) is 10.1. The lowest BCUT2D eigenvalue weighted by atomic mass is 9.91. The van der Waals surface area contributed by atoms with Gasteiger partial charge in [0.05, 0.1) is 5.41 Å². The highest BCUT2D eigenvalue weighted by Gasteiger charge is 2.26. The number of nitrogens with two attached hydrogens (primary N) is 1. The second-order valence-electron chi connectivity index (χ2n) is 5.54. The van der Waals surface area contributed by atoms with E-state index in [9.17, 15) is 4.79 Å². The molecule has 6 heteroatoms. The van der Waals surface area contributed by atoms with Crippen LogP contribution in [0.1, 0.15) is 26.7 Å². The van der Waals surface area contributed by atoms with Gasteiger partial charge in [0.2, 0.25) is 5.91 Å². The van der Waals surface area contributed by atoms with Crippen LogP contribution in [0.5, 0.6) is 0 Å². The molecule has 0 radical (unpaired) electrons. The molecule has 0 spiro atoms. The zero-order valence-electron chi connectivity index (χ0n) is 11.6. The number of likely N-dealkylation sites (tertiary alicyclic amines) is 1. The lowest BCUT2D eigenvalue weighted by Crippen LogP contribution is -2.44. The van der Waals surface area contributed by atoms with Crippen LogP contribution in [0, 0.1) is 11.3 Å². The molecule has 0 saturated carbocycles. The van der Waals surface area contributed by atoms with Crippen LogP contribution in [-0.2, 0) is 4.79 Å². The molecule has 110 valence electrons. The summed E-state index contributed by atoms with van der Waals surface area (Å²) in [5.74, 6) is 0.711. The van der Waals surface area contributed by atoms with E-state index in [1.54, 1.807) is 0 Å². The van der Waals surface area contributed by atoms with Crippen molar-refractivity contribution in [1.29, 1.82) is 0 Å². The Morgan fingerprint density at radius 2 is 1.83 bits per heavy atom. The van der Waals surface area contributed by atoms with E-state index < -0.39 is 5.41 Å². The van der Waals surface area contributed by atoms with Gasteiger partial charge in [0, 0.05) is 13.1 Å². The van der Waals surface area contributed by atoms with Crippen LogP contribution in [0.15, 0.2) is 0 Å². The number of hydrogen-bond acceptors (Lipinski definition) is 3. The van der Waals surface area contributed by atoms with Gasteiger partial charge in [-0.25, -0.2) is 0 Å². The van der Waals surface area contributed by atoms with Gasteiger partial charge in [-0.2, -0.15) is 0 Å². The summed E-state index contributed by atoms with van der Waals surface area (Å²) in [5, 5.41) is 3.02. The molecule has 3 N–H and O–H groups in total. The van der Waals surface area contributed by atoms with E-state index in [-0.39, 0.29) is 30.7 Å². The Bertz CT molecular complexity index is 241. The Balaban J connectivity index is 0. The molecule has 1 fully saturated rings. The van der Waals surface area contributed by atoms with Crippen molar-refractivity contribution in [3.8, 4) is 0 Å². The average molecular weight is 300 g/mol. The molecule has 1 rings (SSSR count). The van der Waals surface area contributed by atoms with Crippen molar-refractivity contribution in [2.45, 2.75) is 26.7 Å². The van der Waals surface area contributed by atoms with Gasteiger partial charge in [-0.05, 0) is 52.7 Å². The number of hydrogen-bond donors (Lipinski definition) is 2. The van der Waals surface area contributed by atoms with Crippen LogP contribution in [0.2, 0.25) is 0 Å². The van der Waals surface area contributed by atoms with E-state index in [1.165, 1.54) is 12.8 Å². The first kappa shape index (κ1) is 20.3. The molecule has 0 atom stereocenters. The topological polar surface area (TPSA) is 58.4 Å². The van der Waals surface area contributed by atoms with Crippen molar-refractivity contribution in [2.24, 2.45) is 17.1 Å². The number of piperidine rings is 1. The second kappa shape index (κ2) is 8.97. The molecule has 1 aliphatic heterocycles. The number of halogens is 2. The summed E-state index contributed by atoms with van der Waals surface area (Å²) in [6, 6.07) is 0. The summed E-state index contributed by atoms with van der Waals surface area (Å²) < 4.78 is 0. The number of carbonyl (C=O) groups is 1. The quantitative estimate of drug-likeness (QED) is 0.822. The molecule has 0 aromatic carbocycles. The van der Waals surface area contributed by atoms with Crippen LogP contribution >= 0.6 is 24.8 Å². The smallest absolute Gasteiger partial charge is 0.226 e. The minimum atomic E-state index is -0.439. The van der Waals surface area contributed by atoms with Crippen LogP contribution in [-0.4, -0.2) is 44.0 Å². The third-order valence-corrected chi connectivity index (χ3v) is 3.51. The molecule has 0 unspecified atom stereocenters. The van der Waals surface area contributed by atoms with Crippen LogP contribution < -0.4 is 11.1 Å². The number of nitrogens with zero attached hydrogens (tertiary/aromatic N) is 1. The molecule has 1 amide bonds. The molecule has 0 aromatic heterocycles. The number of amides is 1. The second-order valence-corrected chi connectivity index (χ2v) is 5.54. The Morgan fingerprint density at radius 1 is 1.33 bits per heavy atom. The normalized spacial score (nSPS) is 17.6. The van der Waals surface area contributed by atoms with Crippen LogP contribution in [0.4, 0.5) is 0 Å². The van der Waals surface area contributed by atoms with E-state index in [1.807, 2.05) is 13.8 Å². The molecule has 1 aliphatic rings. The van der Waals surface area contributed by atoms with Gasteiger partial charge < -0.3 is 16.0 Å². The summed E-state index contributed by atoms with van der Waals surface area (Å²) in [4.78, 5) is 14.1. The molecule has 4 nitrogen and oxygen atoms in total. The van der Waals surface area contributed by atoms with E-state index in [4.69, 9.17) is 5.73 Å². The standard InChI is InChI=1S/C12H25N3O.2ClH/c1-12(2,9-13)11(16)14-8-10-4-6-15(3)7-5-10;;/h10H,4-9,13H2,1-3H3,(H,14,16);2*1H. The maximum atomic E-state index is 11.8. The lowest BCUT2D eigenvalue weighted by molar-refractivity contribution is -0.129. The first-order valence-corrected chi connectivity index (χ1v) is 6.12. The fourth-order valence-corrected chi connectivity index (χ4v) is 1.84. The molecular formula is C12H27Cl2N3O. The predicted octanol–water partition coefficient (Wildman–Crippen LogP) is 1.27. The maximum Gasteiger partial charge on any atom is 0.226 e. The first-order valence-electron chi connectivity index (χ1n) is 6.12. The highest BCUT2D eigenvalue weighted by Crippen LogP contribution is 2.16. The number of carbonyl (C=O) groups excluding carboxylic acids is 1. The Morgan fingerprint density at radius 3 is 2.28 bits per heavy atom. The van der Waals surface area contributed by atoms with E-state index in [0.29, 0.717) is 12.5 Å². The summed E-state index contributed by atoms with van der Waals surface area (Å²) >= 11 is 0. The predicted molar refractivity (Wildman–Crippen MR) is 80.6 cm³/mol. The van der Waals surface area contributed by atoms with Crippen molar-refractivity contribution in [3.05, 3.63) is 0 Å². The molecule has 18 heavy (non-hydrogen) atoms. The molecule has 1 saturated heterocycles. The van der Waals surface area contributed by atoms with Gasteiger partial charge in [-0.15, -0.1) is 24.8 Å². The van der Waals surface area contributed by atoms with Gasteiger partial charge in [-0.3, -0.25) is 4.79 Å². The van der Waals surface area contributed by atoms with Crippen LogP contribution in [0.3, 0.4) is 0 Å². The van der Waals surface area contributed by atoms with Gasteiger partial charge in [0.1, 0.15) is 0 Å². The van der Waals surface area contributed by atoms with Crippen molar-refractivity contribution in [2.75, 3.05) is 33.2 Å². The zero-order chi connectivity index (χ0) is 12.2. The highest BCUT2D eigenvalue weighted by molar-refractivity contribution is 5.85. The lowest BCUT2D eigenvalue weighted by Gasteiger charge is -2.30. The van der Waals surface area contributed by atoms with E-state index >= 15 is 0 Å². The van der Waals surface area contributed by atoms with Crippen LogP contribution in [0.25, 0.3) is 0 Å². The largest absolute Gasteiger partial charge is 0.355 e. The Hall–Kier alpha value is -0.0300. The Labute approximate surface area is 123 Å². The summed E-state index contributed by atoms with van der Waals surface area (Å²) in [7, 11) is 2.15. The summed E-state index contributed by atoms with van der Waals surface area (Å²) in [6.45, 7) is 7.25.